The van der Waals surface area contributed by atoms with Gasteiger partial charge in [-0.3, -0.25) is 62.7 Å². The van der Waals surface area contributed by atoms with Crippen LogP contribution in [0, 0.1) is 20.2 Å². The molecule has 7 aromatic carbocycles. The Balaban J connectivity index is 0.000000208. The maximum atomic E-state index is 11.9. The number of rotatable bonds is 23. The van der Waals surface area contributed by atoms with E-state index in [0.717, 1.165) is 64.0 Å². The molecule has 4 heterocycles. The number of morpholine rings is 1. The number of aromatic nitrogens is 6. The molecule has 0 spiro atoms. The van der Waals surface area contributed by atoms with Crippen molar-refractivity contribution in [2.75, 3.05) is 87.4 Å². The topological polar surface area (TPSA) is 325 Å². The number of nitro groups is 2. The molecule has 111 heavy (non-hydrogen) atoms. The van der Waals surface area contributed by atoms with Gasteiger partial charge in [0.25, 0.3) is 23.4 Å². The lowest BCUT2D eigenvalue weighted by Crippen LogP contribution is -2.39. The highest BCUT2D eigenvalue weighted by atomic mass is 16.6. The number of carbonyl (C=O) groups is 6. The average Bonchev–Trinajstić information content (AvgIpc) is 1.77. The van der Waals surface area contributed by atoms with Gasteiger partial charge in [0.15, 0.2) is 5.75 Å². The summed E-state index contributed by atoms with van der Waals surface area (Å²) in [6, 6.07) is 48.4. The van der Waals surface area contributed by atoms with Gasteiger partial charge in [0.05, 0.1) is 77.3 Å². The van der Waals surface area contributed by atoms with E-state index in [1.54, 1.807) is 87.1 Å². The van der Waals surface area contributed by atoms with Crippen molar-refractivity contribution in [3.05, 3.63) is 310 Å². The molecule has 10 aromatic rings. The van der Waals surface area contributed by atoms with Crippen LogP contribution in [0.1, 0.15) is 61.6 Å². The van der Waals surface area contributed by atoms with E-state index in [-0.39, 0.29) is 52.6 Å². The van der Waals surface area contributed by atoms with Gasteiger partial charge < -0.3 is 48.3 Å². The van der Waals surface area contributed by atoms with Crippen LogP contribution in [0.25, 0.3) is 36.5 Å². The molecule has 28 heteroatoms. The van der Waals surface area contributed by atoms with Gasteiger partial charge in [-0.1, -0.05) is 72.8 Å². The minimum absolute atomic E-state index is 0.0362. The van der Waals surface area contributed by atoms with Crippen LogP contribution in [-0.2, 0) is 19.1 Å². The number of hydrogen-bond donors (Lipinski definition) is 1. The number of imidazole rings is 3. The lowest BCUT2D eigenvalue weighted by molar-refractivity contribution is -0.385. The maximum Gasteiger partial charge on any atom is 0.311 e. The molecule has 1 saturated heterocycles. The second kappa shape index (κ2) is 47.2. The molecule has 3 aromatic heterocycles. The first-order valence-electron chi connectivity index (χ1n) is 34.2. The number of hydrogen-bond acceptors (Lipinski definition) is 20. The largest absolute Gasteiger partial charge is 0.497 e. The first-order chi connectivity index (χ1) is 53.8. The van der Waals surface area contributed by atoms with Crippen LogP contribution in [0.15, 0.2) is 256 Å². The van der Waals surface area contributed by atoms with Crippen molar-refractivity contribution in [1.82, 2.24) is 38.5 Å². The standard InChI is InChI=1S/C16H15NO2.C14H17NO3.C14H19NO2.2C13H11N3O4.C13H12N2O2/c1-19-15-10-7-13(8-11-15)9-12-16(18)17-14-5-3-2-4-6-14;1-17-13-5-2-12(3-6-13)4-7-14(16)15-8-10-18-11-9-15;1-4-15(5-2)14(16)11-8-12-6-9-13(17-3)10-7-12;1-20-11-4-2-10(12(8-11)16(18)19)3-5-13(17)15-7-6-14-9-15;1-20-12-4-2-10(8-11(12)16(18)19)3-5-13(17)15-7-6-14-9-15;1-17-12-5-2-11(3-6-12)4-7-13(16)15-9-8-14-10-15/h2-12H,1H3,(H,17,18);2-7H,8-11H2,1H3;6-11H,4-5H2,1-3H3;2*2-9H,1H3;2-10H,1H3/b12-9+;7-4+;11-8+;2*5-3+;7-4+. The molecule has 1 N–H and O–H groups in total. The van der Waals surface area contributed by atoms with Crippen LogP contribution in [0.5, 0.6) is 34.5 Å². The van der Waals surface area contributed by atoms with Crippen molar-refractivity contribution < 1.29 is 71.8 Å². The number of nitrogens with zero attached hydrogens (tertiary/aromatic N) is 10. The van der Waals surface area contributed by atoms with Gasteiger partial charge >= 0.3 is 5.69 Å². The highest BCUT2D eigenvalue weighted by Crippen LogP contribution is 2.29. The molecular weight excluding hydrogens is 1420 g/mol. The summed E-state index contributed by atoms with van der Waals surface area (Å²) < 4.78 is 39.3. The number of amides is 3. The molecule has 0 atom stereocenters. The van der Waals surface area contributed by atoms with E-state index in [9.17, 15) is 49.0 Å². The van der Waals surface area contributed by atoms with Crippen molar-refractivity contribution in [3.8, 4) is 34.5 Å². The lowest BCUT2D eigenvalue weighted by atomic mass is 10.1. The molecule has 0 aliphatic carbocycles. The number of benzene rings is 7. The predicted molar refractivity (Wildman–Crippen MR) is 424 cm³/mol. The van der Waals surface area contributed by atoms with Crippen LogP contribution in [0.3, 0.4) is 0 Å². The Morgan fingerprint density at radius 2 is 0.820 bits per heavy atom. The number of nitrogens with one attached hydrogen (secondary N) is 1. The van der Waals surface area contributed by atoms with Crippen molar-refractivity contribution in [2.45, 2.75) is 13.8 Å². The quantitative estimate of drug-likeness (QED) is 0.0353. The summed E-state index contributed by atoms with van der Waals surface area (Å²) in [5.41, 5.74) is 5.23. The maximum absolute atomic E-state index is 11.9. The van der Waals surface area contributed by atoms with Gasteiger partial charge in [-0.15, -0.1) is 0 Å². The zero-order valence-electron chi connectivity index (χ0n) is 62.4. The van der Waals surface area contributed by atoms with Crippen molar-refractivity contribution >= 4 is 89.0 Å². The molecular formula is C83H85N11O17. The number of anilines is 1. The molecule has 0 bridgehead atoms. The third kappa shape index (κ3) is 30.2. The Kier molecular flexibility index (Phi) is 36.4. The van der Waals surface area contributed by atoms with Crippen LogP contribution in [-0.4, -0.2) is 166 Å². The zero-order chi connectivity index (χ0) is 80.1. The molecule has 0 radical (unpaired) electrons. The number of methoxy groups -OCH3 is 6. The number of para-hydroxylation sites is 1. The van der Waals surface area contributed by atoms with Crippen molar-refractivity contribution in [3.63, 3.8) is 0 Å². The fourth-order valence-electron chi connectivity index (χ4n) is 9.43. The van der Waals surface area contributed by atoms with Gasteiger partial charge in [-0.25, -0.2) is 15.0 Å². The summed E-state index contributed by atoms with van der Waals surface area (Å²) in [4.78, 5) is 106. The first kappa shape index (κ1) is 85.5. The van der Waals surface area contributed by atoms with E-state index in [2.05, 4.69) is 20.3 Å². The zero-order valence-corrected chi connectivity index (χ0v) is 62.4. The van der Waals surface area contributed by atoms with E-state index in [1.165, 1.54) is 132 Å². The van der Waals surface area contributed by atoms with Gasteiger partial charge in [-0.2, -0.15) is 0 Å². The van der Waals surface area contributed by atoms with E-state index in [0.29, 0.717) is 43.2 Å². The summed E-state index contributed by atoms with van der Waals surface area (Å²) in [6.45, 7) is 8.03. The minimum atomic E-state index is -0.534. The molecule has 3 amide bonds. The lowest BCUT2D eigenvalue weighted by Gasteiger charge is -2.25. The summed E-state index contributed by atoms with van der Waals surface area (Å²) in [7, 11) is 9.30. The normalized spacial score (nSPS) is 11.4. The molecule has 0 saturated carbocycles. The van der Waals surface area contributed by atoms with Crippen LogP contribution < -0.4 is 33.7 Å². The van der Waals surface area contributed by atoms with Crippen molar-refractivity contribution in [2.24, 2.45) is 0 Å². The Bertz CT molecular complexity index is 4750. The van der Waals surface area contributed by atoms with Gasteiger partial charge in [0, 0.05) is 112 Å². The number of allylic oxidation sites excluding steroid dienone is 3. The molecule has 1 fully saturated rings. The third-order valence-corrected chi connectivity index (χ3v) is 15.5. The first-order valence-corrected chi connectivity index (χ1v) is 34.2. The molecule has 11 rings (SSSR count). The smallest absolute Gasteiger partial charge is 0.311 e. The Morgan fingerprint density at radius 3 is 1.21 bits per heavy atom. The molecule has 28 nitrogen and oxygen atoms in total. The third-order valence-electron chi connectivity index (χ3n) is 15.5. The summed E-state index contributed by atoms with van der Waals surface area (Å²) >= 11 is 0. The minimum Gasteiger partial charge on any atom is -0.497 e. The second-order valence-electron chi connectivity index (χ2n) is 22.7. The van der Waals surface area contributed by atoms with Crippen LogP contribution >= 0.6 is 0 Å². The van der Waals surface area contributed by atoms with Crippen LogP contribution in [0.2, 0.25) is 0 Å². The van der Waals surface area contributed by atoms with E-state index in [1.807, 2.05) is 153 Å². The highest BCUT2D eigenvalue weighted by Gasteiger charge is 2.17. The van der Waals surface area contributed by atoms with E-state index >= 15 is 0 Å². The summed E-state index contributed by atoms with van der Waals surface area (Å²) in [5.74, 6) is 2.95. The Labute approximate surface area is 642 Å². The molecule has 574 valence electrons. The number of likely N-dealkylation sites (N-methyl/N-ethyl adjacent to an activating group) is 1. The summed E-state index contributed by atoms with van der Waals surface area (Å²) in [5, 5.41) is 24.6. The Morgan fingerprint density at radius 1 is 0.441 bits per heavy atom. The molecule has 1 aliphatic heterocycles. The number of carbonyl (C=O) groups excluding carboxylic acids is 6. The predicted octanol–water partition coefficient (Wildman–Crippen LogP) is 14.0. The second-order valence-corrected chi connectivity index (χ2v) is 22.7. The van der Waals surface area contributed by atoms with Gasteiger partial charge in [0.2, 0.25) is 17.7 Å². The average molecular weight is 1510 g/mol. The monoisotopic (exact) mass is 1510 g/mol. The molecule has 1 aliphatic rings. The summed E-state index contributed by atoms with van der Waals surface area (Å²) in [6.07, 6.45) is 32.2. The van der Waals surface area contributed by atoms with Gasteiger partial charge in [0.1, 0.15) is 47.7 Å². The highest BCUT2D eigenvalue weighted by molar-refractivity contribution is 6.02. The Hall–Kier alpha value is -14.4. The van der Waals surface area contributed by atoms with E-state index < -0.39 is 9.85 Å². The SMILES string of the molecule is CCN(CC)C(=O)/C=C/c1ccc(OC)cc1.COc1ccc(/C=C/C(=O)N2CCOCC2)cc1.COc1ccc(/C=C/C(=O)Nc2ccccc2)cc1.COc1ccc(/C=C/C(=O)n2ccnc2)c([N+](=O)[O-])c1.COc1ccc(/C=C/C(=O)n2ccnc2)cc1.COc1ccc(/C=C/C(=O)n2ccnc2)cc1[N+](=O)[O-]. The fraction of sp³-hybridized carbons (Fsp3) is 0.169. The number of nitro benzene ring substituents is 2. The molecule has 0 unspecified atom stereocenters. The van der Waals surface area contributed by atoms with E-state index in [4.69, 9.17) is 33.2 Å². The van der Waals surface area contributed by atoms with Crippen LogP contribution in [0.4, 0.5) is 17.1 Å². The number of ether oxygens (including phenoxy) is 7. The van der Waals surface area contributed by atoms with Crippen molar-refractivity contribution in [1.29, 1.82) is 0 Å². The fourth-order valence-corrected chi connectivity index (χ4v) is 9.43. The van der Waals surface area contributed by atoms with Gasteiger partial charge in [-0.05, 0) is 157 Å².